The Balaban J connectivity index is 2.25. The van der Waals surface area contributed by atoms with Crippen LogP contribution in [0.4, 0.5) is 0 Å². The van der Waals surface area contributed by atoms with Crippen LogP contribution in [0.1, 0.15) is 27.0 Å². The van der Waals surface area contributed by atoms with Gasteiger partial charge >= 0.3 is 0 Å². The fourth-order valence-electron chi connectivity index (χ4n) is 1.91. The Bertz CT molecular complexity index is 633. The lowest BCUT2D eigenvalue weighted by Crippen LogP contribution is -2.05. The molecule has 0 aromatic heterocycles. The minimum atomic E-state index is -0.0178. The van der Waals surface area contributed by atoms with Crippen LogP contribution >= 0.6 is 23.2 Å². The van der Waals surface area contributed by atoms with Gasteiger partial charge in [-0.05, 0) is 48.7 Å². The number of halogens is 2. The van der Waals surface area contributed by atoms with Crippen LogP contribution in [0.2, 0.25) is 10.0 Å². The van der Waals surface area contributed by atoms with Crippen LogP contribution in [-0.2, 0) is 6.42 Å². The highest BCUT2D eigenvalue weighted by Gasteiger charge is 2.13. The Hall–Kier alpha value is -1.31. The van der Waals surface area contributed by atoms with E-state index in [4.69, 9.17) is 23.2 Å². The molecule has 0 N–H and O–H groups in total. The summed E-state index contributed by atoms with van der Waals surface area (Å²) in [5.74, 6) is -0.0178. The highest BCUT2D eigenvalue weighted by atomic mass is 35.5. The van der Waals surface area contributed by atoms with Gasteiger partial charge in [0.15, 0.2) is 5.78 Å². The van der Waals surface area contributed by atoms with E-state index in [1.54, 1.807) is 12.1 Å². The molecule has 0 bridgehead atoms. The second-order valence-electron chi connectivity index (χ2n) is 4.68. The zero-order valence-electron chi connectivity index (χ0n) is 10.8. The minimum Gasteiger partial charge on any atom is -0.294 e. The Kier molecular flexibility index (Phi) is 4.28. The van der Waals surface area contributed by atoms with E-state index >= 15 is 0 Å². The molecule has 98 valence electrons. The van der Waals surface area contributed by atoms with Crippen LogP contribution in [0.15, 0.2) is 36.4 Å². The van der Waals surface area contributed by atoms with Crippen molar-refractivity contribution in [3.63, 3.8) is 0 Å². The quantitative estimate of drug-likeness (QED) is 0.725. The van der Waals surface area contributed by atoms with E-state index in [1.807, 2.05) is 38.1 Å². The zero-order chi connectivity index (χ0) is 14.0. The first kappa shape index (κ1) is 14.1. The normalized spacial score (nSPS) is 10.5. The number of hydrogen-bond donors (Lipinski definition) is 0. The fourth-order valence-corrected chi connectivity index (χ4v) is 2.55. The van der Waals surface area contributed by atoms with Gasteiger partial charge in [0, 0.05) is 17.0 Å². The van der Waals surface area contributed by atoms with Gasteiger partial charge in [-0.1, -0.05) is 41.4 Å². The molecule has 2 rings (SSSR count). The largest absolute Gasteiger partial charge is 0.294 e. The van der Waals surface area contributed by atoms with E-state index in [9.17, 15) is 4.79 Å². The van der Waals surface area contributed by atoms with Crippen LogP contribution in [0.5, 0.6) is 0 Å². The van der Waals surface area contributed by atoms with Gasteiger partial charge in [-0.25, -0.2) is 0 Å². The van der Waals surface area contributed by atoms with E-state index in [0.29, 0.717) is 15.6 Å². The number of benzene rings is 2. The third kappa shape index (κ3) is 3.37. The van der Waals surface area contributed by atoms with Gasteiger partial charge in [-0.2, -0.15) is 0 Å². The molecule has 0 atom stereocenters. The zero-order valence-corrected chi connectivity index (χ0v) is 12.3. The average molecular weight is 293 g/mol. The first-order valence-electron chi connectivity index (χ1n) is 6.02. The third-order valence-electron chi connectivity index (χ3n) is 2.98. The number of rotatable bonds is 3. The SMILES string of the molecule is Cc1ccc(CC(=O)c2ccc(C)cc2Cl)c(Cl)c1. The number of carbonyl (C=O) groups is 1. The van der Waals surface area contributed by atoms with Gasteiger partial charge in [0.05, 0.1) is 5.02 Å². The molecule has 0 radical (unpaired) electrons. The summed E-state index contributed by atoms with van der Waals surface area (Å²) in [5, 5.41) is 1.12. The molecule has 3 heteroatoms. The second kappa shape index (κ2) is 5.77. The molecule has 0 unspecified atom stereocenters. The summed E-state index contributed by atoms with van der Waals surface area (Å²) in [6, 6.07) is 11.1. The summed E-state index contributed by atoms with van der Waals surface area (Å²) in [7, 11) is 0. The van der Waals surface area contributed by atoms with Crippen molar-refractivity contribution in [2.45, 2.75) is 20.3 Å². The predicted octanol–water partition coefficient (Wildman–Crippen LogP) is 5.04. The van der Waals surface area contributed by atoms with E-state index in [1.165, 1.54) is 0 Å². The van der Waals surface area contributed by atoms with Crippen LogP contribution in [0.25, 0.3) is 0 Å². The maximum absolute atomic E-state index is 12.2. The van der Waals surface area contributed by atoms with Crippen LogP contribution < -0.4 is 0 Å². The van der Waals surface area contributed by atoms with Crippen molar-refractivity contribution >= 4 is 29.0 Å². The smallest absolute Gasteiger partial charge is 0.168 e. The fraction of sp³-hybridized carbons (Fsp3) is 0.188. The lowest BCUT2D eigenvalue weighted by Gasteiger charge is -2.07. The van der Waals surface area contributed by atoms with Crippen LogP contribution in [0.3, 0.4) is 0 Å². The molecule has 0 aliphatic heterocycles. The summed E-state index contributed by atoms with van der Waals surface area (Å²) < 4.78 is 0. The Morgan fingerprint density at radius 3 is 2.11 bits per heavy atom. The van der Waals surface area contributed by atoms with E-state index in [0.717, 1.165) is 16.7 Å². The molecule has 0 heterocycles. The molecule has 0 saturated carbocycles. The van der Waals surface area contributed by atoms with Gasteiger partial charge in [-0.15, -0.1) is 0 Å². The van der Waals surface area contributed by atoms with Crippen molar-refractivity contribution in [3.05, 3.63) is 68.7 Å². The maximum Gasteiger partial charge on any atom is 0.168 e. The van der Waals surface area contributed by atoms with Crippen molar-refractivity contribution in [1.29, 1.82) is 0 Å². The molecule has 0 aliphatic carbocycles. The Labute approximate surface area is 123 Å². The van der Waals surface area contributed by atoms with Crippen molar-refractivity contribution in [2.75, 3.05) is 0 Å². The van der Waals surface area contributed by atoms with Gasteiger partial charge in [0.1, 0.15) is 0 Å². The van der Waals surface area contributed by atoms with Crippen LogP contribution in [0, 0.1) is 13.8 Å². The number of hydrogen-bond acceptors (Lipinski definition) is 1. The number of Topliss-reactive ketones (excluding diaryl/α,β-unsaturated/α-hetero) is 1. The second-order valence-corrected chi connectivity index (χ2v) is 5.49. The third-order valence-corrected chi connectivity index (χ3v) is 3.65. The molecular weight excluding hydrogens is 279 g/mol. The lowest BCUT2D eigenvalue weighted by molar-refractivity contribution is 0.0993. The molecule has 0 amide bonds. The molecule has 1 nitrogen and oxygen atoms in total. The van der Waals surface area contributed by atoms with Gasteiger partial charge < -0.3 is 0 Å². The van der Waals surface area contributed by atoms with E-state index in [-0.39, 0.29) is 12.2 Å². The molecule has 2 aromatic carbocycles. The molecule has 0 aliphatic rings. The van der Waals surface area contributed by atoms with Crippen molar-refractivity contribution in [2.24, 2.45) is 0 Å². The standard InChI is InChI=1S/C16H14Cl2O/c1-10-3-5-12(14(17)7-10)9-16(19)13-6-4-11(2)8-15(13)18/h3-8H,9H2,1-2H3. The number of ketones is 1. The van der Waals surface area contributed by atoms with Crippen molar-refractivity contribution in [3.8, 4) is 0 Å². The summed E-state index contributed by atoms with van der Waals surface area (Å²) in [6.07, 6.45) is 0.266. The van der Waals surface area contributed by atoms with E-state index in [2.05, 4.69) is 0 Å². The first-order chi connectivity index (χ1) is 8.97. The molecule has 0 saturated heterocycles. The van der Waals surface area contributed by atoms with Crippen molar-refractivity contribution < 1.29 is 4.79 Å². The van der Waals surface area contributed by atoms with Crippen LogP contribution in [-0.4, -0.2) is 5.78 Å². The summed E-state index contributed by atoms with van der Waals surface area (Å²) in [4.78, 5) is 12.2. The highest BCUT2D eigenvalue weighted by molar-refractivity contribution is 6.34. The molecular formula is C16H14Cl2O. The predicted molar refractivity (Wildman–Crippen MR) is 80.4 cm³/mol. The molecule has 2 aromatic rings. The molecule has 0 spiro atoms. The van der Waals surface area contributed by atoms with Gasteiger partial charge in [0.25, 0.3) is 0 Å². The molecule has 0 fully saturated rings. The topological polar surface area (TPSA) is 17.1 Å². The average Bonchev–Trinajstić information content (AvgIpc) is 2.32. The first-order valence-corrected chi connectivity index (χ1v) is 6.77. The lowest BCUT2D eigenvalue weighted by atomic mass is 10.0. The van der Waals surface area contributed by atoms with E-state index < -0.39 is 0 Å². The maximum atomic E-state index is 12.2. The molecule has 19 heavy (non-hydrogen) atoms. The van der Waals surface area contributed by atoms with Crippen molar-refractivity contribution in [1.82, 2.24) is 0 Å². The number of carbonyl (C=O) groups excluding carboxylic acids is 1. The summed E-state index contributed by atoms with van der Waals surface area (Å²) >= 11 is 12.2. The highest BCUT2D eigenvalue weighted by Crippen LogP contribution is 2.23. The number of aryl methyl sites for hydroxylation is 2. The summed E-state index contributed by atoms with van der Waals surface area (Å²) in [6.45, 7) is 3.91. The Morgan fingerprint density at radius 1 is 0.947 bits per heavy atom. The van der Waals surface area contributed by atoms with Gasteiger partial charge in [0.2, 0.25) is 0 Å². The minimum absolute atomic E-state index is 0.0178. The Morgan fingerprint density at radius 2 is 1.53 bits per heavy atom. The van der Waals surface area contributed by atoms with Gasteiger partial charge in [-0.3, -0.25) is 4.79 Å². The summed E-state index contributed by atoms with van der Waals surface area (Å²) in [5.41, 5.74) is 3.49. The monoisotopic (exact) mass is 292 g/mol.